The van der Waals surface area contributed by atoms with Crippen LogP contribution in [0.3, 0.4) is 0 Å². The van der Waals surface area contributed by atoms with Crippen LogP contribution < -0.4 is 9.80 Å². The summed E-state index contributed by atoms with van der Waals surface area (Å²) in [6.45, 7) is 5.60. The van der Waals surface area contributed by atoms with E-state index in [2.05, 4.69) is 26.8 Å². The van der Waals surface area contributed by atoms with Crippen molar-refractivity contribution in [1.29, 1.82) is 0 Å². The molecule has 29 heavy (non-hydrogen) atoms. The number of aryl methyl sites for hydroxylation is 2. The van der Waals surface area contributed by atoms with Crippen LogP contribution >= 0.6 is 22.9 Å². The van der Waals surface area contributed by atoms with Gasteiger partial charge in [0.15, 0.2) is 5.13 Å². The van der Waals surface area contributed by atoms with E-state index in [1.165, 1.54) is 0 Å². The lowest BCUT2D eigenvalue weighted by Crippen LogP contribution is -2.46. The third kappa shape index (κ3) is 3.54. The minimum atomic E-state index is 0.766. The van der Waals surface area contributed by atoms with Crippen molar-refractivity contribution in [2.45, 2.75) is 6.92 Å². The molecule has 7 nitrogen and oxygen atoms in total. The predicted octanol–water partition coefficient (Wildman–Crippen LogP) is 3.78. The molecule has 9 heteroatoms. The first-order valence-electron chi connectivity index (χ1n) is 9.44. The van der Waals surface area contributed by atoms with E-state index in [0.717, 1.165) is 69.2 Å². The molecule has 148 valence electrons. The molecule has 4 aromatic rings. The third-order valence-corrected chi connectivity index (χ3v) is 6.42. The molecule has 3 aromatic heterocycles. The number of hydrogen-bond donors (Lipinski definition) is 0. The van der Waals surface area contributed by atoms with Crippen molar-refractivity contribution < 1.29 is 0 Å². The molecular formula is C20H20ClN7S. The Morgan fingerprint density at radius 2 is 1.79 bits per heavy atom. The maximum absolute atomic E-state index is 6.20. The first-order valence-corrected chi connectivity index (χ1v) is 10.6. The van der Waals surface area contributed by atoms with Crippen LogP contribution in [0.25, 0.3) is 21.5 Å². The van der Waals surface area contributed by atoms with Crippen LogP contribution in [-0.4, -0.2) is 50.9 Å². The highest BCUT2D eigenvalue weighted by Crippen LogP contribution is 2.33. The molecule has 0 saturated carbocycles. The molecule has 0 atom stereocenters. The summed E-state index contributed by atoms with van der Waals surface area (Å²) in [6, 6.07) is 3.97. The van der Waals surface area contributed by atoms with Crippen LogP contribution in [0, 0.1) is 6.92 Å². The van der Waals surface area contributed by atoms with E-state index in [0.29, 0.717) is 0 Å². The van der Waals surface area contributed by atoms with Gasteiger partial charge in [-0.05, 0) is 24.6 Å². The molecule has 5 rings (SSSR count). The molecular weight excluding hydrogens is 406 g/mol. The highest BCUT2D eigenvalue weighted by Gasteiger charge is 2.22. The zero-order chi connectivity index (χ0) is 20.0. The van der Waals surface area contributed by atoms with Crippen molar-refractivity contribution >= 4 is 44.1 Å². The highest BCUT2D eigenvalue weighted by molar-refractivity contribution is 7.22. The lowest BCUT2D eigenvalue weighted by Gasteiger charge is -2.35. The van der Waals surface area contributed by atoms with Gasteiger partial charge in [0.05, 0.1) is 34.5 Å². The first kappa shape index (κ1) is 18.3. The fourth-order valence-corrected chi connectivity index (χ4v) is 5.08. The van der Waals surface area contributed by atoms with Crippen molar-refractivity contribution in [2.75, 3.05) is 36.0 Å². The van der Waals surface area contributed by atoms with Crippen LogP contribution in [0.4, 0.5) is 10.9 Å². The fourth-order valence-electron chi connectivity index (χ4n) is 3.61. The molecule has 1 saturated heterocycles. The summed E-state index contributed by atoms with van der Waals surface area (Å²) in [5.74, 6) is 0.901. The summed E-state index contributed by atoms with van der Waals surface area (Å²) in [7, 11) is 1.90. The van der Waals surface area contributed by atoms with E-state index in [-0.39, 0.29) is 0 Å². The SMILES string of the molecule is Cc1cc(Cl)cc2sc(N3CCN(c4cncc(-c5cnn(C)c5)n4)CC3)nc12. The fraction of sp³-hybridized carbons (Fsp3) is 0.300. The summed E-state index contributed by atoms with van der Waals surface area (Å²) >= 11 is 7.91. The summed E-state index contributed by atoms with van der Waals surface area (Å²) in [5, 5.41) is 6.04. The monoisotopic (exact) mass is 425 g/mol. The van der Waals surface area contributed by atoms with Crippen molar-refractivity contribution in [1.82, 2.24) is 24.7 Å². The van der Waals surface area contributed by atoms with Crippen molar-refractivity contribution in [3.8, 4) is 11.3 Å². The Labute approximate surface area is 177 Å². The van der Waals surface area contributed by atoms with Gasteiger partial charge in [0.25, 0.3) is 0 Å². The zero-order valence-electron chi connectivity index (χ0n) is 16.2. The quantitative estimate of drug-likeness (QED) is 0.497. The van der Waals surface area contributed by atoms with Crippen LogP contribution in [0.15, 0.2) is 36.9 Å². The van der Waals surface area contributed by atoms with E-state index in [9.17, 15) is 0 Å². The molecule has 0 radical (unpaired) electrons. The van der Waals surface area contributed by atoms with Gasteiger partial charge in [-0.3, -0.25) is 9.67 Å². The van der Waals surface area contributed by atoms with E-state index in [4.69, 9.17) is 21.6 Å². The Balaban J connectivity index is 1.32. The van der Waals surface area contributed by atoms with Gasteiger partial charge >= 0.3 is 0 Å². The van der Waals surface area contributed by atoms with E-state index >= 15 is 0 Å². The standard InChI is InChI=1S/C20H20ClN7S/c1-13-7-15(21)8-17-19(13)25-20(29-17)28-5-3-27(4-6-28)18-11-22-10-16(24-18)14-9-23-26(2)12-14/h7-12H,3-6H2,1-2H3. The van der Waals surface area contributed by atoms with Gasteiger partial charge in [-0.25, -0.2) is 9.97 Å². The van der Waals surface area contributed by atoms with Gasteiger partial charge in [-0.15, -0.1) is 0 Å². The second kappa shape index (κ2) is 7.27. The summed E-state index contributed by atoms with van der Waals surface area (Å²) < 4.78 is 2.91. The van der Waals surface area contributed by atoms with Gasteiger partial charge in [-0.2, -0.15) is 5.10 Å². The average Bonchev–Trinajstić information content (AvgIpc) is 3.35. The highest BCUT2D eigenvalue weighted by atomic mass is 35.5. The van der Waals surface area contributed by atoms with Crippen LogP contribution in [0.5, 0.6) is 0 Å². The molecule has 1 aliphatic heterocycles. The number of piperazine rings is 1. The molecule has 0 amide bonds. The normalized spacial score (nSPS) is 14.7. The van der Waals surface area contributed by atoms with Gasteiger partial charge < -0.3 is 9.80 Å². The number of hydrogen-bond acceptors (Lipinski definition) is 7. The molecule has 0 bridgehead atoms. The second-order valence-corrected chi connectivity index (χ2v) is 8.65. The summed E-state index contributed by atoms with van der Waals surface area (Å²) in [4.78, 5) is 18.7. The minimum Gasteiger partial charge on any atom is -0.352 e. The zero-order valence-corrected chi connectivity index (χ0v) is 17.8. The van der Waals surface area contributed by atoms with Gasteiger partial charge in [0, 0.05) is 50.0 Å². The molecule has 1 aliphatic rings. The number of fused-ring (bicyclic) bond motifs is 1. The average molecular weight is 426 g/mol. The number of nitrogens with zero attached hydrogens (tertiary/aromatic N) is 7. The topological polar surface area (TPSA) is 63.0 Å². The number of halogens is 1. The Kier molecular flexibility index (Phi) is 4.60. The summed E-state index contributed by atoms with van der Waals surface area (Å²) in [6.07, 6.45) is 7.38. The molecule has 0 aliphatic carbocycles. The largest absolute Gasteiger partial charge is 0.352 e. The lowest BCUT2D eigenvalue weighted by atomic mass is 10.2. The van der Waals surface area contributed by atoms with Crippen molar-refractivity contribution in [2.24, 2.45) is 7.05 Å². The third-order valence-electron chi connectivity index (χ3n) is 5.14. The van der Waals surface area contributed by atoms with Crippen LogP contribution in [0.2, 0.25) is 5.02 Å². The number of benzene rings is 1. The number of rotatable bonds is 3. The Bertz CT molecular complexity index is 1180. The Morgan fingerprint density at radius 1 is 1.00 bits per heavy atom. The second-order valence-electron chi connectivity index (χ2n) is 7.21. The molecule has 4 heterocycles. The Hall–Kier alpha value is -2.71. The van der Waals surface area contributed by atoms with Crippen molar-refractivity contribution in [3.63, 3.8) is 0 Å². The first-order chi connectivity index (χ1) is 14.1. The van der Waals surface area contributed by atoms with E-state index in [1.54, 1.807) is 22.2 Å². The molecule has 1 fully saturated rings. The molecule has 1 aromatic carbocycles. The predicted molar refractivity (Wildman–Crippen MR) is 118 cm³/mol. The van der Waals surface area contributed by atoms with Crippen LogP contribution in [-0.2, 0) is 7.05 Å². The number of thiazole rings is 1. The Morgan fingerprint density at radius 3 is 2.55 bits per heavy atom. The summed E-state index contributed by atoms with van der Waals surface area (Å²) in [5.41, 5.74) is 3.99. The van der Waals surface area contributed by atoms with E-state index in [1.807, 2.05) is 37.8 Å². The van der Waals surface area contributed by atoms with Gasteiger partial charge in [0.2, 0.25) is 0 Å². The van der Waals surface area contributed by atoms with Gasteiger partial charge in [-0.1, -0.05) is 22.9 Å². The van der Waals surface area contributed by atoms with Crippen LogP contribution in [0.1, 0.15) is 5.56 Å². The lowest BCUT2D eigenvalue weighted by molar-refractivity contribution is 0.645. The van der Waals surface area contributed by atoms with Gasteiger partial charge in [0.1, 0.15) is 5.82 Å². The molecule has 0 unspecified atom stereocenters. The smallest absolute Gasteiger partial charge is 0.186 e. The number of aromatic nitrogens is 5. The maximum atomic E-state index is 6.20. The van der Waals surface area contributed by atoms with E-state index < -0.39 is 0 Å². The minimum absolute atomic E-state index is 0.766. The number of anilines is 2. The molecule has 0 spiro atoms. The van der Waals surface area contributed by atoms with Crippen molar-refractivity contribution in [3.05, 3.63) is 47.5 Å². The maximum Gasteiger partial charge on any atom is 0.186 e. The molecule has 0 N–H and O–H groups in total.